The summed E-state index contributed by atoms with van der Waals surface area (Å²) < 4.78 is 2.40. The quantitative estimate of drug-likeness (QED) is 0.827. The molecule has 1 aliphatic rings. The van der Waals surface area contributed by atoms with Crippen molar-refractivity contribution < 1.29 is 14.7 Å². The number of carboxylic acids is 1. The highest BCUT2D eigenvalue weighted by Gasteiger charge is 2.34. The average molecular weight is 290 g/mol. The molecule has 1 N–H and O–H groups in total. The molecule has 2 aromatic heterocycles. The molecule has 0 bridgehead atoms. The van der Waals surface area contributed by atoms with Crippen molar-refractivity contribution in [1.82, 2.24) is 19.1 Å². The van der Waals surface area contributed by atoms with Crippen LogP contribution in [0.4, 0.5) is 0 Å². The molecule has 110 valence electrons. The second-order valence-electron chi connectivity index (χ2n) is 4.95. The Morgan fingerprint density at radius 1 is 1.38 bits per heavy atom. The molecule has 1 atom stereocenters. The highest BCUT2D eigenvalue weighted by Crippen LogP contribution is 2.17. The molecule has 8 heteroatoms. The first kappa shape index (κ1) is 13.3. The maximum Gasteiger partial charge on any atom is 0.350 e. The summed E-state index contributed by atoms with van der Waals surface area (Å²) in [6, 6.07) is 4.31. The molecule has 0 saturated carbocycles. The van der Waals surface area contributed by atoms with E-state index in [1.807, 2.05) is 0 Å². The summed E-state index contributed by atoms with van der Waals surface area (Å²) in [6.45, 7) is 0.155. The van der Waals surface area contributed by atoms with Gasteiger partial charge < -0.3 is 10.0 Å². The van der Waals surface area contributed by atoms with Crippen molar-refractivity contribution >= 4 is 17.5 Å². The Morgan fingerprint density at radius 2 is 2.19 bits per heavy atom. The number of amides is 1. The Kier molecular flexibility index (Phi) is 3.20. The Morgan fingerprint density at radius 3 is 2.90 bits per heavy atom. The SMILES string of the molecule is O=C(O)[C@H]1CCCN1C(=O)Cn1nc2ccccn2c1=O. The van der Waals surface area contributed by atoms with Gasteiger partial charge in [0.2, 0.25) is 5.91 Å². The predicted octanol–water partition coefficient (Wildman–Crippen LogP) is -0.428. The summed E-state index contributed by atoms with van der Waals surface area (Å²) in [7, 11) is 0. The van der Waals surface area contributed by atoms with Crippen molar-refractivity contribution in [3.8, 4) is 0 Å². The zero-order valence-corrected chi connectivity index (χ0v) is 11.2. The minimum Gasteiger partial charge on any atom is -0.480 e. The molecule has 0 aliphatic carbocycles. The highest BCUT2D eigenvalue weighted by atomic mass is 16.4. The van der Waals surface area contributed by atoms with Crippen LogP contribution in [-0.2, 0) is 16.1 Å². The first-order chi connectivity index (χ1) is 10.1. The molecule has 0 radical (unpaired) electrons. The number of carboxylic acid groups (broad SMARTS) is 1. The van der Waals surface area contributed by atoms with E-state index in [2.05, 4.69) is 5.10 Å². The normalized spacial score (nSPS) is 18.3. The maximum atomic E-state index is 12.2. The zero-order chi connectivity index (χ0) is 15.0. The van der Waals surface area contributed by atoms with Crippen LogP contribution in [0.2, 0.25) is 0 Å². The molecule has 3 heterocycles. The summed E-state index contributed by atoms with van der Waals surface area (Å²) in [5, 5.41) is 13.2. The van der Waals surface area contributed by atoms with Gasteiger partial charge in [-0.1, -0.05) is 6.07 Å². The minimum absolute atomic E-state index is 0.246. The smallest absolute Gasteiger partial charge is 0.350 e. The van der Waals surface area contributed by atoms with Crippen molar-refractivity contribution in [1.29, 1.82) is 0 Å². The second kappa shape index (κ2) is 5.04. The Labute approximate surface area is 119 Å². The van der Waals surface area contributed by atoms with Gasteiger partial charge in [-0.05, 0) is 25.0 Å². The summed E-state index contributed by atoms with van der Waals surface area (Å²) in [6.07, 6.45) is 2.67. The highest BCUT2D eigenvalue weighted by molar-refractivity contribution is 5.84. The van der Waals surface area contributed by atoms with Gasteiger partial charge in [0.25, 0.3) is 0 Å². The molecular formula is C13H14N4O4. The second-order valence-corrected chi connectivity index (χ2v) is 4.95. The van der Waals surface area contributed by atoms with E-state index in [1.54, 1.807) is 24.4 Å². The van der Waals surface area contributed by atoms with Crippen molar-refractivity contribution in [3.63, 3.8) is 0 Å². The van der Waals surface area contributed by atoms with Crippen LogP contribution in [-0.4, -0.2) is 48.7 Å². The van der Waals surface area contributed by atoms with Gasteiger partial charge >= 0.3 is 11.7 Å². The average Bonchev–Trinajstić information content (AvgIpc) is 3.05. The number of carbonyl (C=O) groups is 2. The van der Waals surface area contributed by atoms with Gasteiger partial charge in [-0.15, -0.1) is 5.10 Å². The van der Waals surface area contributed by atoms with Crippen LogP contribution in [0, 0.1) is 0 Å². The maximum absolute atomic E-state index is 12.2. The van der Waals surface area contributed by atoms with E-state index in [-0.39, 0.29) is 6.54 Å². The molecule has 1 amide bonds. The number of aliphatic carboxylic acids is 1. The molecule has 1 aliphatic heterocycles. The van der Waals surface area contributed by atoms with Gasteiger partial charge in [0.15, 0.2) is 5.65 Å². The minimum atomic E-state index is -1.01. The summed E-state index contributed by atoms with van der Waals surface area (Å²) >= 11 is 0. The fraction of sp³-hybridized carbons (Fsp3) is 0.385. The fourth-order valence-corrected chi connectivity index (χ4v) is 2.61. The molecule has 3 rings (SSSR count). The number of nitrogens with zero attached hydrogens (tertiary/aromatic N) is 4. The molecule has 2 aromatic rings. The number of hydrogen-bond acceptors (Lipinski definition) is 4. The fourth-order valence-electron chi connectivity index (χ4n) is 2.61. The molecule has 0 spiro atoms. The van der Waals surface area contributed by atoms with Gasteiger partial charge in [0.05, 0.1) is 0 Å². The molecule has 8 nitrogen and oxygen atoms in total. The zero-order valence-electron chi connectivity index (χ0n) is 11.2. The topological polar surface area (TPSA) is 96.9 Å². The standard InChI is InChI=1S/C13H14N4O4/c18-11(15-7-3-4-9(15)12(19)20)8-17-13(21)16-6-2-1-5-10(16)14-17/h1-2,5-6,9H,3-4,7-8H2,(H,19,20)/t9-/m1/s1. The monoisotopic (exact) mass is 290 g/mol. The molecule has 1 saturated heterocycles. The number of hydrogen-bond donors (Lipinski definition) is 1. The third-order valence-electron chi connectivity index (χ3n) is 3.63. The van der Waals surface area contributed by atoms with E-state index < -0.39 is 23.6 Å². The van der Waals surface area contributed by atoms with Crippen LogP contribution in [0.15, 0.2) is 29.2 Å². The third-order valence-corrected chi connectivity index (χ3v) is 3.63. The lowest BCUT2D eigenvalue weighted by Gasteiger charge is -2.20. The number of carbonyl (C=O) groups excluding carboxylic acids is 1. The lowest BCUT2D eigenvalue weighted by Crippen LogP contribution is -2.43. The van der Waals surface area contributed by atoms with E-state index in [1.165, 1.54) is 9.30 Å². The van der Waals surface area contributed by atoms with Crippen molar-refractivity contribution in [2.75, 3.05) is 6.54 Å². The van der Waals surface area contributed by atoms with E-state index in [4.69, 9.17) is 5.11 Å². The van der Waals surface area contributed by atoms with Crippen LogP contribution >= 0.6 is 0 Å². The number of aromatic nitrogens is 3. The van der Waals surface area contributed by atoms with E-state index in [9.17, 15) is 14.4 Å². The van der Waals surface area contributed by atoms with Gasteiger partial charge in [-0.3, -0.25) is 9.20 Å². The van der Waals surface area contributed by atoms with E-state index in [0.717, 1.165) is 4.68 Å². The first-order valence-corrected chi connectivity index (χ1v) is 6.64. The lowest BCUT2D eigenvalue weighted by molar-refractivity contribution is -0.148. The Bertz CT molecular complexity index is 763. The van der Waals surface area contributed by atoms with Gasteiger partial charge in [-0.2, -0.15) is 0 Å². The molecule has 21 heavy (non-hydrogen) atoms. The van der Waals surface area contributed by atoms with Crippen molar-refractivity contribution in [2.24, 2.45) is 0 Å². The lowest BCUT2D eigenvalue weighted by atomic mass is 10.2. The molecular weight excluding hydrogens is 276 g/mol. The summed E-state index contributed by atoms with van der Waals surface area (Å²) in [5.74, 6) is -1.41. The van der Waals surface area contributed by atoms with Crippen LogP contribution < -0.4 is 5.69 Å². The van der Waals surface area contributed by atoms with Crippen LogP contribution in [0.3, 0.4) is 0 Å². The van der Waals surface area contributed by atoms with Gasteiger partial charge in [0.1, 0.15) is 12.6 Å². The van der Waals surface area contributed by atoms with Gasteiger partial charge in [-0.25, -0.2) is 14.3 Å². The molecule has 0 unspecified atom stereocenters. The van der Waals surface area contributed by atoms with E-state index in [0.29, 0.717) is 25.0 Å². The summed E-state index contributed by atoms with van der Waals surface area (Å²) in [5.41, 5.74) is 0.0385. The Balaban J connectivity index is 1.85. The number of fused-ring (bicyclic) bond motifs is 1. The van der Waals surface area contributed by atoms with E-state index >= 15 is 0 Å². The number of likely N-dealkylation sites (tertiary alicyclic amines) is 1. The number of pyridine rings is 1. The summed E-state index contributed by atoms with van der Waals surface area (Å²) in [4.78, 5) is 36.7. The van der Waals surface area contributed by atoms with Crippen molar-refractivity contribution in [2.45, 2.75) is 25.4 Å². The van der Waals surface area contributed by atoms with Crippen LogP contribution in [0.25, 0.3) is 5.65 Å². The van der Waals surface area contributed by atoms with Crippen LogP contribution in [0.1, 0.15) is 12.8 Å². The van der Waals surface area contributed by atoms with Crippen LogP contribution in [0.5, 0.6) is 0 Å². The van der Waals surface area contributed by atoms with Gasteiger partial charge in [0, 0.05) is 12.7 Å². The Hall–Kier alpha value is -2.64. The number of rotatable bonds is 3. The molecule has 1 fully saturated rings. The van der Waals surface area contributed by atoms with Crippen molar-refractivity contribution in [3.05, 3.63) is 34.9 Å². The predicted molar refractivity (Wildman–Crippen MR) is 71.8 cm³/mol. The largest absolute Gasteiger partial charge is 0.480 e. The first-order valence-electron chi connectivity index (χ1n) is 6.64. The molecule has 0 aromatic carbocycles. The third kappa shape index (κ3) is 2.28.